The molecule has 0 spiro atoms. The lowest BCUT2D eigenvalue weighted by atomic mass is 10.2. The van der Waals surface area contributed by atoms with Gasteiger partial charge in [-0.15, -0.1) is 0 Å². The van der Waals surface area contributed by atoms with Crippen LogP contribution in [0.2, 0.25) is 10.0 Å². The van der Waals surface area contributed by atoms with Gasteiger partial charge in [0.2, 0.25) is 5.91 Å². The molecule has 4 nitrogen and oxygen atoms in total. The summed E-state index contributed by atoms with van der Waals surface area (Å²) in [4.78, 5) is 11.9. The van der Waals surface area contributed by atoms with Gasteiger partial charge in [-0.25, -0.2) is 8.42 Å². The summed E-state index contributed by atoms with van der Waals surface area (Å²) in [5.41, 5.74) is 1.90. The predicted molar refractivity (Wildman–Crippen MR) is 93.8 cm³/mol. The fraction of sp³-hybridized carbons (Fsp3) is 0.188. The van der Waals surface area contributed by atoms with Crippen molar-refractivity contribution in [3.8, 4) is 0 Å². The van der Waals surface area contributed by atoms with Gasteiger partial charge in [0.25, 0.3) is 0 Å². The van der Waals surface area contributed by atoms with Crippen molar-refractivity contribution in [2.24, 2.45) is 0 Å². The highest BCUT2D eigenvalue weighted by Gasteiger charge is 2.20. The molecule has 0 unspecified atom stereocenters. The number of halogens is 2. The van der Waals surface area contributed by atoms with E-state index in [-0.39, 0.29) is 15.8 Å². The lowest BCUT2D eigenvalue weighted by Gasteiger charge is -2.09. The van der Waals surface area contributed by atoms with Crippen LogP contribution in [0.5, 0.6) is 0 Å². The Morgan fingerprint density at radius 3 is 2.17 bits per heavy atom. The standard InChI is InChI=1S/C16H15Cl2NO3S/c1-11-5-7-12(8-6-11)19-16(20)10-23(21,22)9-13-14(17)3-2-4-15(13)18/h2-8H,9-10H2,1H3,(H,19,20). The van der Waals surface area contributed by atoms with Crippen molar-refractivity contribution in [2.75, 3.05) is 11.1 Å². The molecule has 23 heavy (non-hydrogen) atoms. The van der Waals surface area contributed by atoms with Crippen molar-refractivity contribution in [1.29, 1.82) is 0 Å². The number of nitrogens with one attached hydrogen (secondary N) is 1. The zero-order valence-electron chi connectivity index (χ0n) is 12.3. The third-order valence-electron chi connectivity index (χ3n) is 3.11. The van der Waals surface area contributed by atoms with E-state index in [1.807, 2.05) is 19.1 Å². The molecule has 0 saturated carbocycles. The molecule has 0 heterocycles. The van der Waals surface area contributed by atoms with Crippen LogP contribution in [0.1, 0.15) is 11.1 Å². The highest BCUT2D eigenvalue weighted by atomic mass is 35.5. The van der Waals surface area contributed by atoms with E-state index in [9.17, 15) is 13.2 Å². The molecular weight excluding hydrogens is 357 g/mol. The van der Waals surface area contributed by atoms with Crippen LogP contribution < -0.4 is 5.32 Å². The number of anilines is 1. The van der Waals surface area contributed by atoms with Gasteiger partial charge in [0.05, 0.1) is 5.75 Å². The van der Waals surface area contributed by atoms with Crippen LogP contribution in [0, 0.1) is 6.92 Å². The third-order valence-corrected chi connectivity index (χ3v) is 5.25. The zero-order valence-corrected chi connectivity index (χ0v) is 14.7. The summed E-state index contributed by atoms with van der Waals surface area (Å²) in [6.45, 7) is 1.92. The van der Waals surface area contributed by atoms with Crippen LogP contribution in [0.4, 0.5) is 5.69 Å². The minimum absolute atomic E-state index is 0.264. The normalized spacial score (nSPS) is 11.3. The molecule has 0 bridgehead atoms. The van der Waals surface area contributed by atoms with Gasteiger partial charge >= 0.3 is 0 Å². The number of aryl methyl sites for hydroxylation is 1. The molecule has 0 fully saturated rings. The number of sulfone groups is 1. The zero-order chi connectivity index (χ0) is 17.0. The van der Waals surface area contributed by atoms with Crippen molar-refractivity contribution in [1.82, 2.24) is 0 Å². The maximum atomic E-state index is 12.2. The van der Waals surface area contributed by atoms with Crippen LogP contribution in [0.3, 0.4) is 0 Å². The largest absolute Gasteiger partial charge is 0.325 e. The van der Waals surface area contributed by atoms with Gasteiger partial charge in [-0.3, -0.25) is 4.79 Å². The number of carbonyl (C=O) groups is 1. The molecule has 7 heteroatoms. The fourth-order valence-electron chi connectivity index (χ4n) is 1.97. The molecular formula is C16H15Cl2NO3S. The average molecular weight is 372 g/mol. The van der Waals surface area contributed by atoms with Crippen molar-refractivity contribution in [2.45, 2.75) is 12.7 Å². The van der Waals surface area contributed by atoms with Crippen LogP contribution in [0.25, 0.3) is 0 Å². The first-order chi connectivity index (χ1) is 10.8. The maximum Gasteiger partial charge on any atom is 0.239 e. The number of rotatable bonds is 5. The topological polar surface area (TPSA) is 63.2 Å². The first-order valence-corrected chi connectivity index (χ1v) is 9.34. The molecule has 122 valence electrons. The second-order valence-electron chi connectivity index (χ2n) is 5.15. The number of amides is 1. The molecule has 0 aliphatic carbocycles. The van der Waals surface area contributed by atoms with Crippen molar-refractivity contribution in [3.63, 3.8) is 0 Å². The minimum Gasteiger partial charge on any atom is -0.325 e. The Balaban J connectivity index is 2.06. The van der Waals surface area contributed by atoms with Crippen molar-refractivity contribution < 1.29 is 13.2 Å². The summed E-state index contributed by atoms with van der Waals surface area (Å²) < 4.78 is 24.4. The summed E-state index contributed by atoms with van der Waals surface area (Å²) in [5, 5.41) is 3.08. The third kappa shape index (κ3) is 5.23. The monoisotopic (exact) mass is 371 g/mol. The van der Waals surface area contributed by atoms with Crippen molar-refractivity contribution >= 4 is 44.6 Å². The van der Waals surface area contributed by atoms with Gasteiger partial charge in [0, 0.05) is 21.3 Å². The Morgan fingerprint density at radius 2 is 1.61 bits per heavy atom. The summed E-state index contributed by atoms with van der Waals surface area (Å²) in [6, 6.07) is 11.8. The molecule has 1 N–H and O–H groups in total. The molecule has 2 aromatic rings. The predicted octanol–water partition coefficient (Wildman–Crippen LogP) is 3.86. The quantitative estimate of drug-likeness (QED) is 0.867. The van der Waals surface area contributed by atoms with E-state index >= 15 is 0 Å². The number of hydrogen-bond donors (Lipinski definition) is 1. The average Bonchev–Trinajstić information content (AvgIpc) is 2.45. The van der Waals surface area contributed by atoms with E-state index in [0.717, 1.165) is 5.56 Å². The molecule has 1 amide bonds. The second kappa shape index (κ2) is 7.34. The van der Waals surface area contributed by atoms with E-state index in [0.29, 0.717) is 11.3 Å². The van der Waals surface area contributed by atoms with Gasteiger partial charge in [-0.2, -0.15) is 0 Å². The molecule has 0 aliphatic rings. The summed E-state index contributed by atoms with van der Waals surface area (Å²) in [7, 11) is -3.69. The fourth-order valence-corrected chi connectivity index (χ4v) is 3.99. The molecule has 2 rings (SSSR count). The van der Waals surface area contributed by atoms with E-state index in [2.05, 4.69) is 5.32 Å². The first-order valence-electron chi connectivity index (χ1n) is 6.77. The first kappa shape index (κ1) is 17.8. The molecule has 2 aromatic carbocycles. The summed E-state index contributed by atoms with van der Waals surface area (Å²) in [6.07, 6.45) is 0. The Bertz CT molecular complexity index is 797. The van der Waals surface area contributed by atoms with Gasteiger partial charge in [-0.1, -0.05) is 47.0 Å². The molecule has 0 atom stereocenters. The molecule has 0 saturated heterocycles. The maximum absolute atomic E-state index is 12.2. The van der Waals surface area contributed by atoms with Crippen LogP contribution >= 0.6 is 23.2 Å². The number of hydrogen-bond acceptors (Lipinski definition) is 3. The Labute approximate surface area is 145 Å². The minimum atomic E-state index is -3.69. The SMILES string of the molecule is Cc1ccc(NC(=O)CS(=O)(=O)Cc2c(Cl)cccc2Cl)cc1. The smallest absolute Gasteiger partial charge is 0.239 e. The van der Waals surface area contributed by atoms with E-state index in [1.165, 1.54) is 0 Å². The highest BCUT2D eigenvalue weighted by molar-refractivity contribution is 7.91. The summed E-state index contributed by atoms with van der Waals surface area (Å²) in [5.74, 6) is -1.62. The van der Waals surface area contributed by atoms with E-state index in [4.69, 9.17) is 23.2 Å². The van der Waals surface area contributed by atoms with Crippen LogP contribution in [-0.2, 0) is 20.4 Å². The lowest BCUT2D eigenvalue weighted by molar-refractivity contribution is -0.113. The van der Waals surface area contributed by atoms with Crippen molar-refractivity contribution in [3.05, 3.63) is 63.6 Å². The number of carbonyl (C=O) groups excluding carboxylic acids is 1. The molecule has 0 radical (unpaired) electrons. The van der Waals surface area contributed by atoms with E-state index < -0.39 is 21.5 Å². The summed E-state index contributed by atoms with van der Waals surface area (Å²) >= 11 is 11.9. The second-order valence-corrected chi connectivity index (χ2v) is 8.03. The van der Waals surface area contributed by atoms with Gasteiger partial charge in [0.15, 0.2) is 9.84 Å². The van der Waals surface area contributed by atoms with Gasteiger partial charge in [-0.05, 0) is 31.2 Å². The molecule has 0 aliphatic heterocycles. The lowest BCUT2D eigenvalue weighted by Crippen LogP contribution is -2.24. The Kier molecular flexibility index (Phi) is 5.68. The molecule has 0 aromatic heterocycles. The van der Waals surface area contributed by atoms with Crippen LogP contribution in [-0.4, -0.2) is 20.1 Å². The van der Waals surface area contributed by atoms with E-state index in [1.54, 1.807) is 30.3 Å². The Hall–Kier alpha value is -1.56. The Morgan fingerprint density at radius 1 is 1.04 bits per heavy atom. The van der Waals surface area contributed by atoms with Gasteiger partial charge < -0.3 is 5.32 Å². The highest BCUT2D eigenvalue weighted by Crippen LogP contribution is 2.26. The van der Waals surface area contributed by atoms with Crippen LogP contribution in [0.15, 0.2) is 42.5 Å². The number of benzene rings is 2. The van der Waals surface area contributed by atoms with Gasteiger partial charge in [0.1, 0.15) is 5.75 Å².